The molecule has 2 N–H and O–H groups in total. The van der Waals surface area contributed by atoms with E-state index in [0.717, 1.165) is 49.7 Å². The van der Waals surface area contributed by atoms with Crippen LogP contribution in [-0.4, -0.2) is 42.6 Å². The minimum atomic E-state index is -0.215. The van der Waals surface area contributed by atoms with E-state index in [-0.39, 0.29) is 29.6 Å². The molecule has 2 heterocycles. The van der Waals surface area contributed by atoms with Crippen molar-refractivity contribution in [2.24, 2.45) is 4.99 Å². The van der Waals surface area contributed by atoms with E-state index >= 15 is 0 Å². The van der Waals surface area contributed by atoms with Crippen molar-refractivity contribution in [1.29, 1.82) is 0 Å². The largest absolute Gasteiger partial charge is 0.488 e. The Morgan fingerprint density at radius 2 is 1.93 bits per heavy atom. The van der Waals surface area contributed by atoms with Crippen molar-refractivity contribution in [3.8, 4) is 5.75 Å². The van der Waals surface area contributed by atoms with Crippen LogP contribution >= 0.6 is 35.3 Å². The minimum absolute atomic E-state index is 0. The van der Waals surface area contributed by atoms with Crippen molar-refractivity contribution >= 4 is 41.3 Å². The fourth-order valence-corrected chi connectivity index (χ4v) is 4.18. The second kappa shape index (κ2) is 11.9. The monoisotopic (exact) mass is 542 g/mol. The maximum atomic E-state index is 6.10. The highest BCUT2D eigenvalue weighted by atomic mass is 127. The average Bonchev–Trinajstić information content (AvgIpc) is 3.19. The van der Waals surface area contributed by atoms with E-state index in [0.29, 0.717) is 12.6 Å². The van der Waals surface area contributed by atoms with Crippen LogP contribution in [0.3, 0.4) is 0 Å². The molecule has 0 aliphatic carbocycles. The quantitative estimate of drug-likeness (QED) is 0.311. The molecule has 0 bridgehead atoms. The fourth-order valence-electron chi connectivity index (χ4n) is 3.52. The van der Waals surface area contributed by atoms with Gasteiger partial charge in [-0.15, -0.1) is 24.0 Å². The van der Waals surface area contributed by atoms with Gasteiger partial charge in [0.05, 0.1) is 0 Å². The number of benzene rings is 1. The predicted octanol–water partition coefficient (Wildman–Crippen LogP) is 4.87. The zero-order valence-electron chi connectivity index (χ0n) is 18.5. The Labute approximate surface area is 202 Å². The molecule has 1 fully saturated rings. The van der Waals surface area contributed by atoms with E-state index in [4.69, 9.17) is 4.74 Å². The fraction of sp³-hybridized carbons (Fsp3) is 0.522. The SMILES string of the molecule is CN=C(NCc1ccccc1OC(C)(C)C)NC1CCN(Cc2ccsc2)CC1.I. The van der Waals surface area contributed by atoms with Crippen molar-refractivity contribution < 1.29 is 4.74 Å². The number of likely N-dealkylation sites (tertiary alicyclic amines) is 1. The van der Waals surface area contributed by atoms with Gasteiger partial charge in [-0.1, -0.05) is 18.2 Å². The van der Waals surface area contributed by atoms with Gasteiger partial charge in [-0.05, 0) is 62.1 Å². The molecule has 0 spiro atoms. The van der Waals surface area contributed by atoms with E-state index in [9.17, 15) is 0 Å². The maximum Gasteiger partial charge on any atom is 0.191 e. The first-order valence-electron chi connectivity index (χ1n) is 10.4. The van der Waals surface area contributed by atoms with Gasteiger partial charge >= 0.3 is 0 Å². The Morgan fingerprint density at radius 1 is 1.20 bits per heavy atom. The average molecular weight is 543 g/mol. The highest BCUT2D eigenvalue weighted by Gasteiger charge is 2.20. The summed E-state index contributed by atoms with van der Waals surface area (Å²) >= 11 is 1.78. The number of nitrogens with zero attached hydrogens (tertiary/aromatic N) is 2. The first kappa shape index (κ1) is 24.9. The van der Waals surface area contributed by atoms with Crippen molar-refractivity contribution in [2.75, 3.05) is 20.1 Å². The molecule has 1 saturated heterocycles. The predicted molar refractivity (Wildman–Crippen MR) is 138 cm³/mol. The van der Waals surface area contributed by atoms with Crippen LogP contribution in [0.2, 0.25) is 0 Å². The highest BCUT2D eigenvalue weighted by molar-refractivity contribution is 14.0. The number of para-hydroxylation sites is 1. The number of ether oxygens (including phenoxy) is 1. The molecule has 7 heteroatoms. The zero-order valence-corrected chi connectivity index (χ0v) is 21.6. The highest BCUT2D eigenvalue weighted by Crippen LogP contribution is 2.23. The molecular formula is C23H35IN4OS. The lowest BCUT2D eigenvalue weighted by Crippen LogP contribution is -2.48. The summed E-state index contributed by atoms with van der Waals surface area (Å²) in [6.45, 7) is 10.2. The topological polar surface area (TPSA) is 48.9 Å². The molecule has 3 rings (SSSR count). The first-order valence-corrected chi connectivity index (χ1v) is 11.3. The lowest BCUT2D eigenvalue weighted by atomic mass is 10.0. The minimum Gasteiger partial charge on any atom is -0.488 e. The van der Waals surface area contributed by atoms with E-state index in [1.807, 2.05) is 25.2 Å². The summed E-state index contributed by atoms with van der Waals surface area (Å²) in [7, 11) is 1.83. The maximum absolute atomic E-state index is 6.10. The summed E-state index contributed by atoms with van der Waals surface area (Å²) in [5.74, 6) is 1.77. The summed E-state index contributed by atoms with van der Waals surface area (Å²) < 4.78 is 6.10. The lowest BCUT2D eigenvalue weighted by molar-refractivity contribution is 0.129. The Morgan fingerprint density at radius 3 is 2.57 bits per heavy atom. The smallest absolute Gasteiger partial charge is 0.191 e. The molecule has 0 unspecified atom stereocenters. The Hall–Kier alpha value is -1.32. The number of nitrogens with one attached hydrogen (secondary N) is 2. The van der Waals surface area contributed by atoms with Crippen molar-refractivity contribution in [3.05, 3.63) is 52.2 Å². The molecule has 1 aliphatic heterocycles. The van der Waals surface area contributed by atoms with Gasteiger partial charge in [0.1, 0.15) is 11.4 Å². The normalized spacial score (nSPS) is 16.1. The summed E-state index contributed by atoms with van der Waals surface area (Å²) in [6, 6.07) is 10.9. The summed E-state index contributed by atoms with van der Waals surface area (Å²) in [5, 5.41) is 11.5. The van der Waals surface area contributed by atoms with Gasteiger partial charge < -0.3 is 15.4 Å². The second-order valence-electron chi connectivity index (χ2n) is 8.57. The number of piperidine rings is 1. The molecular weight excluding hydrogens is 507 g/mol. The van der Waals surface area contributed by atoms with Gasteiger partial charge in [-0.3, -0.25) is 9.89 Å². The molecule has 0 amide bonds. The van der Waals surface area contributed by atoms with E-state index in [1.165, 1.54) is 5.56 Å². The molecule has 1 aliphatic rings. The molecule has 0 atom stereocenters. The van der Waals surface area contributed by atoms with Crippen LogP contribution in [0.15, 0.2) is 46.1 Å². The Bertz CT molecular complexity index is 781. The standard InChI is InChI=1S/C23H34N4OS.HI/c1-23(2,3)28-21-8-6-5-7-19(21)15-25-22(24-4)26-20-9-12-27(13-10-20)16-18-11-14-29-17-18;/h5-8,11,14,17,20H,9-10,12-13,15-16H2,1-4H3,(H2,24,25,26);1H. The molecule has 166 valence electrons. The summed E-state index contributed by atoms with van der Waals surface area (Å²) in [4.78, 5) is 6.96. The van der Waals surface area contributed by atoms with Crippen LogP contribution in [0.25, 0.3) is 0 Å². The molecule has 1 aromatic carbocycles. The van der Waals surface area contributed by atoms with Gasteiger partial charge in [-0.25, -0.2) is 0 Å². The van der Waals surface area contributed by atoms with Crippen LogP contribution in [0, 0.1) is 0 Å². The Kier molecular flexibility index (Phi) is 9.90. The van der Waals surface area contributed by atoms with Gasteiger partial charge in [0.25, 0.3) is 0 Å². The number of rotatable bonds is 6. The number of guanidine groups is 1. The van der Waals surface area contributed by atoms with Crippen LogP contribution in [0.4, 0.5) is 0 Å². The Balaban J connectivity index is 0.00000320. The zero-order chi connectivity index (χ0) is 20.7. The van der Waals surface area contributed by atoms with Crippen LogP contribution in [-0.2, 0) is 13.1 Å². The van der Waals surface area contributed by atoms with Gasteiger partial charge in [-0.2, -0.15) is 11.3 Å². The third-order valence-corrected chi connectivity index (χ3v) is 5.71. The van der Waals surface area contributed by atoms with Crippen molar-refractivity contribution in [1.82, 2.24) is 15.5 Å². The molecule has 30 heavy (non-hydrogen) atoms. The number of halogens is 1. The van der Waals surface area contributed by atoms with E-state index < -0.39 is 0 Å². The molecule has 1 aromatic heterocycles. The van der Waals surface area contributed by atoms with Gasteiger partial charge in [0.2, 0.25) is 0 Å². The van der Waals surface area contributed by atoms with Crippen molar-refractivity contribution in [2.45, 2.75) is 58.3 Å². The summed E-state index contributed by atoms with van der Waals surface area (Å²) in [5.41, 5.74) is 2.35. The molecule has 2 aromatic rings. The van der Waals surface area contributed by atoms with Gasteiger partial charge in [0.15, 0.2) is 5.96 Å². The van der Waals surface area contributed by atoms with Crippen LogP contribution < -0.4 is 15.4 Å². The summed E-state index contributed by atoms with van der Waals surface area (Å²) in [6.07, 6.45) is 2.27. The first-order chi connectivity index (χ1) is 13.9. The van der Waals surface area contributed by atoms with Gasteiger partial charge in [0, 0.05) is 44.8 Å². The van der Waals surface area contributed by atoms with Crippen LogP contribution in [0.5, 0.6) is 5.75 Å². The third-order valence-electron chi connectivity index (χ3n) is 4.97. The molecule has 0 saturated carbocycles. The number of thiophene rings is 1. The number of hydrogen-bond donors (Lipinski definition) is 2. The van der Waals surface area contributed by atoms with Crippen molar-refractivity contribution in [3.63, 3.8) is 0 Å². The molecule has 5 nitrogen and oxygen atoms in total. The molecule has 0 radical (unpaired) electrons. The number of aliphatic imine (C=N–C) groups is 1. The van der Waals surface area contributed by atoms with Crippen LogP contribution in [0.1, 0.15) is 44.7 Å². The van der Waals surface area contributed by atoms with E-state index in [1.54, 1.807) is 11.3 Å². The van der Waals surface area contributed by atoms with E-state index in [2.05, 4.69) is 64.2 Å². The number of hydrogen-bond acceptors (Lipinski definition) is 4. The third kappa shape index (κ3) is 8.07. The second-order valence-corrected chi connectivity index (χ2v) is 9.35. The lowest BCUT2D eigenvalue weighted by Gasteiger charge is -2.33.